The van der Waals surface area contributed by atoms with Gasteiger partial charge in [-0.05, 0) is 89.1 Å². The van der Waals surface area contributed by atoms with Crippen molar-refractivity contribution in [3.05, 3.63) is 208 Å². The molecule has 0 atom stereocenters. The van der Waals surface area contributed by atoms with Gasteiger partial charge in [0.05, 0.1) is 52.7 Å². The molecular weight excluding hydrogens is 641 g/mol. The van der Waals surface area contributed by atoms with Crippen LogP contribution in [0.2, 0.25) is 0 Å². The lowest BCUT2D eigenvalue weighted by atomic mass is 9.94. The number of rotatable bonds is 6. The van der Waals surface area contributed by atoms with Gasteiger partial charge in [0.1, 0.15) is 5.75 Å². The van der Waals surface area contributed by atoms with E-state index < -0.39 is 0 Å². The van der Waals surface area contributed by atoms with Gasteiger partial charge in [0.2, 0.25) is 0 Å². The molecule has 0 saturated heterocycles. The Hall–Kier alpha value is -7.05. The quantitative estimate of drug-likeness (QED) is 0.192. The number of aldehydes is 1. The number of hydrogen-bond acceptors (Lipinski definition) is 6. The van der Waals surface area contributed by atoms with Gasteiger partial charge in [-0.2, -0.15) is 0 Å². The normalized spacial score (nSPS) is 17.2. The van der Waals surface area contributed by atoms with E-state index in [2.05, 4.69) is 60.7 Å². The fourth-order valence-electron chi connectivity index (χ4n) is 7.06. The zero-order chi connectivity index (χ0) is 35.0. The first kappa shape index (κ1) is 31.0. The van der Waals surface area contributed by atoms with Gasteiger partial charge in [0, 0.05) is 27.9 Å². The molecule has 5 heterocycles. The predicted molar refractivity (Wildman–Crippen MR) is 212 cm³/mol. The third-order valence-corrected chi connectivity index (χ3v) is 9.45. The molecular formula is C46H30N4O2. The van der Waals surface area contributed by atoms with Crippen LogP contribution in [0.15, 0.2) is 201 Å². The molecule has 0 aliphatic carbocycles. The Morgan fingerprint density at radius 2 is 0.808 bits per heavy atom. The second kappa shape index (κ2) is 13.0. The number of fused-ring (bicyclic) bond motifs is 4. The van der Waals surface area contributed by atoms with Crippen LogP contribution in [-0.2, 0) is 0 Å². The number of ether oxygens (including phenoxy) is 1. The number of benzene rings is 4. The lowest BCUT2D eigenvalue weighted by molar-refractivity contribution is 0.112. The van der Waals surface area contributed by atoms with Crippen molar-refractivity contribution in [2.75, 3.05) is 7.11 Å². The molecule has 4 aromatic carbocycles. The monoisotopic (exact) mass is 670 g/mol. The van der Waals surface area contributed by atoms with Crippen molar-refractivity contribution >= 4 is 51.4 Å². The van der Waals surface area contributed by atoms with Crippen LogP contribution in [0, 0.1) is 0 Å². The van der Waals surface area contributed by atoms with E-state index in [9.17, 15) is 4.79 Å². The van der Waals surface area contributed by atoms with Gasteiger partial charge in [0.25, 0.3) is 0 Å². The van der Waals surface area contributed by atoms with E-state index in [1.165, 1.54) is 0 Å². The molecule has 0 unspecified atom stereocenters. The third kappa shape index (κ3) is 5.43. The molecule has 9 rings (SSSR count). The molecule has 8 bridgehead atoms. The highest BCUT2D eigenvalue weighted by molar-refractivity contribution is 6.39. The van der Waals surface area contributed by atoms with Gasteiger partial charge in [-0.15, -0.1) is 0 Å². The minimum atomic E-state index is 0.478. The lowest BCUT2D eigenvalue weighted by Gasteiger charge is -2.14. The average molecular weight is 671 g/mol. The first-order chi connectivity index (χ1) is 25.7. The van der Waals surface area contributed by atoms with Crippen LogP contribution in [0.5, 0.6) is 5.75 Å². The summed E-state index contributed by atoms with van der Waals surface area (Å²) in [4.78, 5) is 33.7. The molecule has 0 saturated carbocycles. The van der Waals surface area contributed by atoms with Crippen LogP contribution in [0.25, 0.3) is 22.3 Å². The van der Waals surface area contributed by atoms with Crippen molar-refractivity contribution in [1.82, 2.24) is 0 Å². The van der Waals surface area contributed by atoms with Gasteiger partial charge >= 0.3 is 0 Å². The molecule has 5 aliphatic rings. The van der Waals surface area contributed by atoms with Crippen LogP contribution in [0.3, 0.4) is 0 Å². The Morgan fingerprint density at radius 3 is 1.17 bits per heavy atom. The van der Waals surface area contributed by atoms with Crippen LogP contribution in [0.4, 0.5) is 0 Å². The van der Waals surface area contributed by atoms with Crippen LogP contribution in [-0.4, -0.2) is 36.2 Å². The highest BCUT2D eigenvalue weighted by atomic mass is 16.5. The molecule has 5 aliphatic heterocycles. The smallest absolute Gasteiger partial charge is 0.150 e. The number of aliphatic imine (C=N–C) groups is 4. The Kier molecular flexibility index (Phi) is 7.75. The van der Waals surface area contributed by atoms with Crippen molar-refractivity contribution in [2.24, 2.45) is 20.0 Å². The SMILES string of the molecule is COc1ccc(C2=C3C=CC(=N3)C(c3ccccc3)=C3C=CC(=N3)C(c3ccccc3)=C3C=CC(=N3)C(c3ccccc3)=C3C=CC2=N3)c(C=O)c1. The van der Waals surface area contributed by atoms with Gasteiger partial charge in [-0.1, -0.05) is 91.0 Å². The largest absolute Gasteiger partial charge is 0.497 e. The molecule has 0 amide bonds. The van der Waals surface area contributed by atoms with Crippen molar-refractivity contribution in [3.63, 3.8) is 0 Å². The fraction of sp³-hybridized carbons (Fsp3) is 0.0217. The first-order valence-electron chi connectivity index (χ1n) is 17.0. The average Bonchev–Trinajstić information content (AvgIpc) is 4.04. The molecule has 52 heavy (non-hydrogen) atoms. The second-order valence-corrected chi connectivity index (χ2v) is 12.5. The predicted octanol–water partition coefficient (Wildman–Crippen LogP) is 9.51. The molecule has 6 heteroatoms. The number of allylic oxidation sites excluding steroid dienone is 12. The molecule has 246 valence electrons. The number of carbonyl (C=O) groups excluding carboxylic acids is 1. The van der Waals surface area contributed by atoms with Gasteiger partial charge in [0.15, 0.2) is 6.29 Å². The fourth-order valence-corrected chi connectivity index (χ4v) is 7.06. The summed E-state index contributed by atoms with van der Waals surface area (Å²) in [5.74, 6) is 0.592. The number of hydrogen-bond donors (Lipinski definition) is 0. The van der Waals surface area contributed by atoms with Crippen LogP contribution in [0.1, 0.15) is 32.6 Å². The highest BCUT2D eigenvalue weighted by Crippen LogP contribution is 2.39. The van der Waals surface area contributed by atoms with Crippen molar-refractivity contribution in [3.8, 4) is 5.75 Å². The number of nitrogens with zero attached hydrogens (tertiary/aromatic N) is 4. The maximum atomic E-state index is 12.6. The Bertz CT molecular complexity index is 2530. The van der Waals surface area contributed by atoms with Crippen LogP contribution < -0.4 is 4.74 Å². The minimum Gasteiger partial charge on any atom is -0.497 e. The molecule has 0 N–H and O–H groups in total. The van der Waals surface area contributed by atoms with E-state index in [4.69, 9.17) is 24.7 Å². The number of carbonyl (C=O) groups is 1. The Labute approximate surface area is 301 Å². The highest BCUT2D eigenvalue weighted by Gasteiger charge is 2.28. The van der Waals surface area contributed by atoms with Gasteiger partial charge in [-0.3, -0.25) is 4.79 Å². The summed E-state index contributed by atoms with van der Waals surface area (Å²) in [5, 5.41) is 0. The van der Waals surface area contributed by atoms with Crippen molar-refractivity contribution in [2.45, 2.75) is 0 Å². The Balaban J connectivity index is 1.38. The van der Waals surface area contributed by atoms with Crippen molar-refractivity contribution in [1.29, 1.82) is 0 Å². The van der Waals surface area contributed by atoms with E-state index >= 15 is 0 Å². The van der Waals surface area contributed by atoms with Gasteiger partial charge in [-0.25, -0.2) is 20.0 Å². The molecule has 4 aromatic rings. The summed E-state index contributed by atoms with van der Waals surface area (Å²) < 4.78 is 5.48. The van der Waals surface area contributed by atoms with E-state index in [0.29, 0.717) is 28.3 Å². The summed E-state index contributed by atoms with van der Waals surface area (Å²) in [7, 11) is 1.59. The van der Waals surface area contributed by atoms with E-state index in [-0.39, 0.29) is 0 Å². The summed E-state index contributed by atoms with van der Waals surface area (Å²) in [6.45, 7) is 0. The van der Waals surface area contributed by atoms with Crippen LogP contribution >= 0.6 is 0 Å². The van der Waals surface area contributed by atoms with E-state index in [1.54, 1.807) is 13.2 Å². The lowest BCUT2D eigenvalue weighted by Crippen LogP contribution is -2.05. The maximum absolute atomic E-state index is 12.6. The minimum absolute atomic E-state index is 0.478. The zero-order valence-corrected chi connectivity index (χ0v) is 28.2. The van der Waals surface area contributed by atoms with E-state index in [0.717, 1.165) is 79.5 Å². The molecule has 0 aromatic heterocycles. The second-order valence-electron chi connectivity index (χ2n) is 12.5. The molecule has 0 spiro atoms. The summed E-state index contributed by atoms with van der Waals surface area (Å²) in [6.07, 6.45) is 17.1. The van der Waals surface area contributed by atoms with E-state index in [1.807, 2.05) is 91.0 Å². The zero-order valence-electron chi connectivity index (χ0n) is 28.2. The van der Waals surface area contributed by atoms with Gasteiger partial charge < -0.3 is 4.74 Å². The standard InChI is InChI=1S/C46H30N4O2/c1-52-33-17-18-34(32(27-33)28-51)46-41-25-23-39(49-41)44(30-13-7-3-8-14-30)37-21-19-35(47-37)43(29-11-5-2-6-12-29)36-20-22-38(48-36)45(31-15-9-4-10-16-31)40-24-26-42(46)50-40/h2-28H,1H3. The topological polar surface area (TPSA) is 75.7 Å². The molecule has 6 nitrogen and oxygen atoms in total. The Morgan fingerprint density at radius 1 is 0.442 bits per heavy atom. The maximum Gasteiger partial charge on any atom is 0.150 e. The summed E-state index contributed by atoms with van der Waals surface area (Å²) in [6, 6.07) is 36.2. The molecule has 0 radical (unpaired) electrons. The summed E-state index contributed by atoms with van der Waals surface area (Å²) in [5.41, 5.74) is 13.8. The molecule has 0 fully saturated rings. The van der Waals surface area contributed by atoms with Crippen molar-refractivity contribution < 1.29 is 9.53 Å². The third-order valence-electron chi connectivity index (χ3n) is 9.45. The number of methoxy groups -OCH3 is 1. The first-order valence-corrected chi connectivity index (χ1v) is 17.0. The summed E-state index contributed by atoms with van der Waals surface area (Å²) >= 11 is 0.